The van der Waals surface area contributed by atoms with Crippen LogP contribution in [0.4, 0.5) is 0 Å². The SMILES string of the molecule is O=C1CN(C2CCC(O)CN2)C(=O)CN1. The summed E-state index contributed by atoms with van der Waals surface area (Å²) in [6, 6.07) is 0. The first-order chi connectivity index (χ1) is 7.16. The van der Waals surface area contributed by atoms with E-state index in [2.05, 4.69) is 10.6 Å². The van der Waals surface area contributed by atoms with Crippen LogP contribution in [0.15, 0.2) is 0 Å². The molecule has 6 nitrogen and oxygen atoms in total. The van der Waals surface area contributed by atoms with Gasteiger partial charge in [0.05, 0.1) is 18.8 Å². The normalized spacial score (nSPS) is 32.7. The molecule has 0 aromatic rings. The molecule has 0 bridgehead atoms. The van der Waals surface area contributed by atoms with Gasteiger partial charge in [-0.3, -0.25) is 14.9 Å². The van der Waals surface area contributed by atoms with E-state index in [1.807, 2.05) is 0 Å². The van der Waals surface area contributed by atoms with Gasteiger partial charge in [0.2, 0.25) is 11.8 Å². The second-order valence-corrected chi connectivity index (χ2v) is 3.95. The Labute approximate surface area is 87.6 Å². The highest BCUT2D eigenvalue weighted by Crippen LogP contribution is 2.13. The van der Waals surface area contributed by atoms with Crippen molar-refractivity contribution in [3.8, 4) is 0 Å². The lowest BCUT2D eigenvalue weighted by atomic mass is 10.1. The largest absolute Gasteiger partial charge is 0.392 e. The number of β-amino-alcohol motifs (C(OH)–C–C–N with tert-alkyl or cyclic N) is 1. The number of piperazine rings is 1. The first kappa shape index (κ1) is 10.4. The first-order valence-electron chi connectivity index (χ1n) is 5.14. The number of nitrogens with one attached hydrogen (secondary N) is 2. The number of hydrogen-bond acceptors (Lipinski definition) is 4. The van der Waals surface area contributed by atoms with Gasteiger partial charge in [-0.2, -0.15) is 0 Å². The van der Waals surface area contributed by atoms with E-state index in [4.69, 9.17) is 0 Å². The molecule has 3 N–H and O–H groups in total. The van der Waals surface area contributed by atoms with Crippen molar-refractivity contribution in [2.45, 2.75) is 25.1 Å². The van der Waals surface area contributed by atoms with Crippen molar-refractivity contribution in [2.75, 3.05) is 19.6 Å². The fourth-order valence-electron chi connectivity index (χ4n) is 1.95. The number of piperidine rings is 1. The average molecular weight is 213 g/mol. The molecule has 2 fully saturated rings. The Hall–Kier alpha value is -1.14. The molecule has 0 spiro atoms. The second-order valence-electron chi connectivity index (χ2n) is 3.95. The van der Waals surface area contributed by atoms with Gasteiger partial charge in [0.1, 0.15) is 6.54 Å². The molecule has 0 aromatic heterocycles. The minimum Gasteiger partial charge on any atom is -0.392 e. The summed E-state index contributed by atoms with van der Waals surface area (Å²) in [7, 11) is 0. The predicted molar refractivity (Wildman–Crippen MR) is 51.8 cm³/mol. The molecule has 0 radical (unpaired) electrons. The zero-order chi connectivity index (χ0) is 10.8. The summed E-state index contributed by atoms with van der Waals surface area (Å²) in [5.74, 6) is -0.189. The third-order valence-electron chi connectivity index (χ3n) is 2.81. The van der Waals surface area contributed by atoms with Crippen LogP contribution in [0.1, 0.15) is 12.8 Å². The fourth-order valence-corrected chi connectivity index (χ4v) is 1.95. The first-order valence-corrected chi connectivity index (χ1v) is 5.14. The third-order valence-corrected chi connectivity index (χ3v) is 2.81. The molecule has 6 heteroatoms. The van der Waals surface area contributed by atoms with Crippen molar-refractivity contribution < 1.29 is 14.7 Å². The van der Waals surface area contributed by atoms with Crippen LogP contribution in [-0.2, 0) is 9.59 Å². The van der Waals surface area contributed by atoms with Gasteiger partial charge in [0.25, 0.3) is 0 Å². The van der Waals surface area contributed by atoms with Crippen LogP contribution in [0, 0.1) is 0 Å². The standard InChI is InChI=1S/C9H15N3O3/c13-6-1-2-7(10-3-6)12-5-8(14)11-4-9(12)15/h6-7,10,13H,1-5H2,(H,11,14). The van der Waals surface area contributed by atoms with Crippen LogP contribution in [0.25, 0.3) is 0 Å². The molecule has 2 atom stereocenters. The Morgan fingerprint density at radius 3 is 2.80 bits per heavy atom. The van der Waals surface area contributed by atoms with Crippen molar-refractivity contribution in [1.29, 1.82) is 0 Å². The smallest absolute Gasteiger partial charge is 0.243 e. The number of carbonyl (C=O) groups excluding carboxylic acids is 2. The maximum Gasteiger partial charge on any atom is 0.243 e. The topological polar surface area (TPSA) is 81.7 Å². The summed E-state index contributed by atoms with van der Waals surface area (Å²) in [6.45, 7) is 0.683. The van der Waals surface area contributed by atoms with Crippen LogP contribution >= 0.6 is 0 Å². The van der Waals surface area contributed by atoms with E-state index in [0.29, 0.717) is 19.4 Å². The molecule has 0 aliphatic carbocycles. The lowest BCUT2D eigenvalue weighted by molar-refractivity contribution is -0.144. The highest BCUT2D eigenvalue weighted by molar-refractivity contribution is 5.92. The monoisotopic (exact) mass is 213 g/mol. The van der Waals surface area contributed by atoms with Gasteiger partial charge < -0.3 is 15.3 Å². The van der Waals surface area contributed by atoms with Crippen LogP contribution in [0.5, 0.6) is 0 Å². The number of aliphatic hydroxyl groups excluding tert-OH is 1. The van der Waals surface area contributed by atoms with Gasteiger partial charge in [-0.1, -0.05) is 0 Å². The van der Waals surface area contributed by atoms with Crippen molar-refractivity contribution >= 4 is 11.8 Å². The zero-order valence-corrected chi connectivity index (χ0v) is 8.40. The molecule has 0 aromatic carbocycles. The van der Waals surface area contributed by atoms with Crippen molar-refractivity contribution in [3.05, 3.63) is 0 Å². The molecule has 0 saturated carbocycles. The number of aliphatic hydroxyl groups is 1. The van der Waals surface area contributed by atoms with Gasteiger partial charge in [-0.25, -0.2) is 0 Å². The van der Waals surface area contributed by atoms with E-state index < -0.39 is 0 Å². The van der Waals surface area contributed by atoms with E-state index in [-0.39, 0.29) is 37.2 Å². The van der Waals surface area contributed by atoms with Crippen molar-refractivity contribution in [3.63, 3.8) is 0 Å². The van der Waals surface area contributed by atoms with Crippen molar-refractivity contribution in [2.24, 2.45) is 0 Å². The van der Waals surface area contributed by atoms with E-state index in [1.165, 1.54) is 0 Å². The maximum atomic E-state index is 11.5. The summed E-state index contributed by atoms with van der Waals surface area (Å²) >= 11 is 0. The number of amides is 2. The molecule has 2 saturated heterocycles. The third kappa shape index (κ3) is 2.27. The van der Waals surface area contributed by atoms with Gasteiger partial charge in [0, 0.05) is 6.54 Å². The molecule has 2 rings (SSSR count). The lowest BCUT2D eigenvalue weighted by Crippen LogP contribution is -2.61. The summed E-state index contributed by atoms with van der Waals surface area (Å²) < 4.78 is 0. The van der Waals surface area contributed by atoms with Crippen molar-refractivity contribution in [1.82, 2.24) is 15.5 Å². The van der Waals surface area contributed by atoms with Crippen LogP contribution in [-0.4, -0.2) is 53.7 Å². The van der Waals surface area contributed by atoms with Gasteiger partial charge in [-0.05, 0) is 12.8 Å². The van der Waals surface area contributed by atoms with Crippen LogP contribution in [0.3, 0.4) is 0 Å². The number of nitrogens with zero attached hydrogens (tertiary/aromatic N) is 1. The number of hydrogen-bond donors (Lipinski definition) is 3. The Balaban J connectivity index is 1.96. The predicted octanol–water partition coefficient (Wildman–Crippen LogP) is -1.98. The van der Waals surface area contributed by atoms with Gasteiger partial charge in [0.15, 0.2) is 0 Å². The summed E-state index contributed by atoms with van der Waals surface area (Å²) in [4.78, 5) is 24.2. The molecule has 2 heterocycles. The van der Waals surface area contributed by atoms with E-state index in [0.717, 1.165) is 0 Å². The molecular weight excluding hydrogens is 198 g/mol. The molecule has 84 valence electrons. The molecule has 15 heavy (non-hydrogen) atoms. The molecule has 2 aliphatic heterocycles. The Kier molecular flexibility index (Phi) is 2.88. The van der Waals surface area contributed by atoms with Gasteiger partial charge in [-0.15, -0.1) is 0 Å². The molecular formula is C9H15N3O3. The lowest BCUT2D eigenvalue weighted by Gasteiger charge is -2.38. The minimum atomic E-state index is -0.338. The zero-order valence-electron chi connectivity index (χ0n) is 8.40. The molecule has 2 aliphatic rings. The summed E-state index contributed by atoms with van der Waals surface area (Å²) in [6.07, 6.45) is 0.922. The number of carbonyl (C=O) groups is 2. The van der Waals surface area contributed by atoms with Gasteiger partial charge >= 0.3 is 0 Å². The maximum absolute atomic E-state index is 11.5. The quantitative estimate of drug-likeness (QED) is 0.471. The minimum absolute atomic E-state index is 0.0662. The Morgan fingerprint density at radius 2 is 2.13 bits per heavy atom. The molecule has 2 amide bonds. The highest BCUT2D eigenvalue weighted by Gasteiger charge is 2.31. The average Bonchev–Trinajstić information content (AvgIpc) is 2.23. The van der Waals surface area contributed by atoms with Crippen LogP contribution < -0.4 is 10.6 Å². The summed E-state index contributed by atoms with van der Waals surface area (Å²) in [5, 5.41) is 14.9. The Morgan fingerprint density at radius 1 is 1.33 bits per heavy atom. The molecule has 2 unspecified atom stereocenters. The fraction of sp³-hybridized carbons (Fsp3) is 0.778. The second kappa shape index (κ2) is 4.16. The summed E-state index contributed by atoms with van der Waals surface area (Å²) in [5.41, 5.74) is 0. The van der Waals surface area contributed by atoms with E-state index in [9.17, 15) is 14.7 Å². The van der Waals surface area contributed by atoms with Crippen LogP contribution in [0.2, 0.25) is 0 Å². The Bertz CT molecular complexity index is 274. The highest BCUT2D eigenvalue weighted by atomic mass is 16.3. The number of rotatable bonds is 1. The van der Waals surface area contributed by atoms with E-state index in [1.54, 1.807) is 4.90 Å². The van der Waals surface area contributed by atoms with E-state index >= 15 is 0 Å².